The fourth-order valence-corrected chi connectivity index (χ4v) is 1.71. The van der Waals surface area contributed by atoms with Crippen molar-refractivity contribution >= 4 is 30.6 Å². The van der Waals surface area contributed by atoms with Crippen LogP contribution in [0.3, 0.4) is 0 Å². The summed E-state index contributed by atoms with van der Waals surface area (Å²) >= 11 is 0. The van der Waals surface area contributed by atoms with Gasteiger partial charge in [0.25, 0.3) is 0 Å². The minimum atomic E-state index is 0. The highest BCUT2D eigenvalue weighted by Gasteiger charge is 2.12. The minimum absolute atomic E-state index is 0. The van der Waals surface area contributed by atoms with Gasteiger partial charge in [0.15, 0.2) is 0 Å². The third-order valence-corrected chi connectivity index (χ3v) is 2.62. The van der Waals surface area contributed by atoms with Crippen molar-refractivity contribution in [1.82, 2.24) is 15.3 Å². The van der Waals surface area contributed by atoms with Crippen molar-refractivity contribution < 1.29 is 0 Å². The van der Waals surface area contributed by atoms with Crippen molar-refractivity contribution in [3.63, 3.8) is 0 Å². The Morgan fingerprint density at radius 2 is 1.88 bits per heavy atom. The number of nitrogens with one attached hydrogen (secondary N) is 1. The zero-order valence-corrected chi connectivity index (χ0v) is 11.9. The van der Waals surface area contributed by atoms with Crippen molar-refractivity contribution in [1.29, 1.82) is 0 Å². The highest BCUT2D eigenvalue weighted by molar-refractivity contribution is 5.85. The predicted octanol–water partition coefficient (Wildman–Crippen LogP) is 1.85. The van der Waals surface area contributed by atoms with Gasteiger partial charge in [-0.25, -0.2) is 9.97 Å². The van der Waals surface area contributed by atoms with Crippen LogP contribution in [0.5, 0.6) is 0 Å². The number of hydrogen-bond acceptors (Lipinski definition) is 4. The summed E-state index contributed by atoms with van der Waals surface area (Å²) in [6.07, 6.45) is 1.86. The summed E-state index contributed by atoms with van der Waals surface area (Å²) in [6, 6.07) is 2.00. The maximum Gasteiger partial charge on any atom is 0.133 e. The molecule has 0 spiro atoms. The van der Waals surface area contributed by atoms with Gasteiger partial charge in [0.1, 0.15) is 11.6 Å². The number of halogens is 2. The largest absolute Gasteiger partial charge is 0.354 e. The summed E-state index contributed by atoms with van der Waals surface area (Å²) in [7, 11) is 0. The Hall–Kier alpha value is -0.580. The van der Waals surface area contributed by atoms with Gasteiger partial charge in [0.05, 0.1) is 0 Å². The SMILES string of the molecule is CC(C)c1nccc(N2CCNCC2)n1.Cl.Cl. The molecule has 1 aromatic heterocycles. The highest BCUT2D eigenvalue weighted by Crippen LogP contribution is 2.14. The molecular formula is C11H20Cl2N4. The lowest BCUT2D eigenvalue weighted by Crippen LogP contribution is -2.44. The second-order valence-corrected chi connectivity index (χ2v) is 4.16. The molecule has 1 N–H and O–H groups in total. The van der Waals surface area contributed by atoms with Gasteiger partial charge in [-0.05, 0) is 6.07 Å². The van der Waals surface area contributed by atoms with E-state index in [1.807, 2.05) is 12.3 Å². The van der Waals surface area contributed by atoms with Crippen LogP contribution in [0.2, 0.25) is 0 Å². The minimum Gasteiger partial charge on any atom is -0.354 e. The molecule has 1 fully saturated rings. The summed E-state index contributed by atoms with van der Waals surface area (Å²) in [6.45, 7) is 8.40. The van der Waals surface area contributed by atoms with Gasteiger partial charge in [0.2, 0.25) is 0 Å². The van der Waals surface area contributed by atoms with Crippen molar-refractivity contribution in [3.05, 3.63) is 18.1 Å². The van der Waals surface area contributed by atoms with Crippen LogP contribution >= 0.6 is 24.8 Å². The highest BCUT2D eigenvalue weighted by atomic mass is 35.5. The van der Waals surface area contributed by atoms with E-state index in [2.05, 4.69) is 34.0 Å². The molecule has 0 aliphatic carbocycles. The Bertz CT molecular complexity index is 327. The average Bonchev–Trinajstić information content (AvgIpc) is 2.30. The number of aromatic nitrogens is 2. The average molecular weight is 279 g/mol. The number of nitrogens with zero attached hydrogens (tertiary/aromatic N) is 3. The smallest absolute Gasteiger partial charge is 0.133 e. The van der Waals surface area contributed by atoms with Crippen LogP contribution in [0.4, 0.5) is 5.82 Å². The van der Waals surface area contributed by atoms with E-state index in [0.717, 1.165) is 37.8 Å². The first-order chi connectivity index (χ1) is 7.27. The number of piperazine rings is 1. The zero-order valence-electron chi connectivity index (χ0n) is 10.2. The first-order valence-corrected chi connectivity index (χ1v) is 5.56. The fourth-order valence-electron chi connectivity index (χ4n) is 1.71. The van der Waals surface area contributed by atoms with Crippen molar-refractivity contribution in [3.8, 4) is 0 Å². The normalized spacial score (nSPS) is 15.1. The van der Waals surface area contributed by atoms with Gasteiger partial charge in [0, 0.05) is 38.3 Å². The lowest BCUT2D eigenvalue weighted by Gasteiger charge is -2.28. The quantitative estimate of drug-likeness (QED) is 0.897. The van der Waals surface area contributed by atoms with Gasteiger partial charge >= 0.3 is 0 Å². The fraction of sp³-hybridized carbons (Fsp3) is 0.636. The van der Waals surface area contributed by atoms with Crippen LogP contribution in [-0.2, 0) is 0 Å². The van der Waals surface area contributed by atoms with Crippen LogP contribution in [0, 0.1) is 0 Å². The van der Waals surface area contributed by atoms with E-state index < -0.39 is 0 Å². The molecule has 1 aromatic rings. The monoisotopic (exact) mass is 278 g/mol. The Labute approximate surface area is 115 Å². The lowest BCUT2D eigenvalue weighted by molar-refractivity contribution is 0.582. The molecular weight excluding hydrogens is 259 g/mol. The molecule has 0 atom stereocenters. The Morgan fingerprint density at radius 3 is 2.47 bits per heavy atom. The molecule has 98 valence electrons. The zero-order chi connectivity index (χ0) is 10.7. The molecule has 2 rings (SSSR count). The van der Waals surface area contributed by atoms with Crippen molar-refractivity contribution in [2.45, 2.75) is 19.8 Å². The van der Waals surface area contributed by atoms with Crippen molar-refractivity contribution in [2.24, 2.45) is 0 Å². The standard InChI is InChI=1S/C11H18N4.2ClH/c1-9(2)11-13-4-3-10(14-11)15-7-5-12-6-8-15;;/h3-4,9,12H,5-8H2,1-2H3;2*1H. The summed E-state index contributed by atoms with van der Waals surface area (Å²) in [5.74, 6) is 2.40. The molecule has 1 aliphatic rings. The van der Waals surface area contributed by atoms with Gasteiger partial charge in [-0.3, -0.25) is 0 Å². The Morgan fingerprint density at radius 1 is 1.24 bits per heavy atom. The molecule has 0 bridgehead atoms. The molecule has 0 radical (unpaired) electrons. The third kappa shape index (κ3) is 4.30. The van der Waals surface area contributed by atoms with Gasteiger partial charge < -0.3 is 10.2 Å². The maximum atomic E-state index is 4.58. The maximum absolute atomic E-state index is 4.58. The molecule has 0 saturated carbocycles. The van der Waals surface area contributed by atoms with Crippen LogP contribution in [0.1, 0.15) is 25.6 Å². The van der Waals surface area contributed by atoms with Gasteiger partial charge in [-0.2, -0.15) is 0 Å². The predicted molar refractivity (Wildman–Crippen MR) is 75.7 cm³/mol. The van der Waals surface area contributed by atoms with E-state index in [-0.39, 0.29) is 24.8 Å². The second kappa shape index (κ2) is 7.69. The molecule has 1 aliphatic heterocycles. The van der Waals surface area contributed by atoms with E-state index in [0.29, 0.717) is 5.92 Å². The summed E-state index contributed by atoms with van der Waals surface area (Å²) in [5, 5.41) is 3.34. The second-order valence-electron chi connectivity index (χ2n) is 4.16. The van der Waals surface area contributed by atoms with Crippen LogP contribution in [-0.4, -0.2) is 36.1 Å². The Balaban J connectivity index is 0.00000128. The van der Waals surface area contributed by atoms with E-state index in [4.69, 9.17) is 0 Å². The lowest BCUT2D eigenvalue weighted by atomic mass is 10.2. The summed E-state index contributed by atoms with van der Waals surface area (Å²) < 4.78 is 0. The van der Waals surface area contributed by atoms with E-state index in [1.54, 1.807) is 0 Å². The molecule has 1 saturated heterocycles. The Kier molecular flexibility index (Phi) is 7.43. The van der Waals surface area contributed by atoms with E-state index in [1.165, 1.54) is 0 Å². The first kappa shape index (κ1) is 16.4. The third-order valence-electron chi connectivity index (χ3n) is 2.62. The first-order valence-electron chi connectivity index (χ1n) is 5.56. The molecule has 0 aromatic carbocycles. The number of rotatable bonds is 2. The topological polar surface area (TPSA) is 41.1 Å². The van der Waals surface area contributed by atoms with E-state index >= 15 is 0 Å². The summed E-state index contributed by atoms with van der Waals surface area (Å²) in [5.41, 5.74) is 0. The summed E-state index contributed by atoms with van der Waals surface area (Å²) in [4.78, 5) is 11.2. The molecule has 0 unspecified atom stereocenters. The van der Waals surface area contributed by atoms with Crippen LogP contribution < -0.4 is 10.2 Å². The molecule has 0 amide bonds. The number of hydrogen-bond donors (Lipinski definition) is 1. The molecule has 2 heterocycles. The van der Waals surface area contributed by atoms with E-state index in [9.17, 15) is 0 Å². The van der Waals surface area contributed by atoms with Crippen LogP contribution in [0.25, 0.3) is 0 Å². The van der Waals surface area contributed by atoms with Gasteiger partial charge in [-0.15, -0.1) is 24.8 Å². The van der Waals surface area contributed by atoms with Crippen molar-refractivity contribution in [2.75, 3.05) is 31.1 Å². The van der Waals surface area contributed by atoms with Gasteiger partial charge in [-0.1, -0.05) is 13.8 Å². The molecule has 4 nitrogen and oxygen atoms in total. The molecule has 17 heavy (non-hydrogen) atoms. The van der Waals surface area contributed by atoms with Crippen LogP contribution in [0.15, 0.2) is 12.3 Å². The molecule has 6 heteroatoms. The number of anilines is 1.